The van der Waals surface area contributed by atoms with E-state index in [0.717, 1.165) is 24.0 Å². The lowest BCUT2D eigenvalue weighted by Gasteiger charge is -2.16. The third kappa shape index (κ3) is 4.15. The Morgan fingerprint density at radius 3 is 3.08 bits per heavy atom. The molecule has 1 aromatic carbocycles. The molecule has 0 spiro atoms. The van der Waals surface area contributed by atoms with Crippen molar-refractivity contribution in [3.63, 3.8) is 0 Å². The molecule has 1 atom stereocenters. The summed E-state index contributed by atoms with van der Waals surface area (Å²) in [4.78, 5) is 3.94. The average Bonchev–Trinajstić information content (AvgIpc) is 3.23. The minimum Gasteiger partial charge on any atom is -0.489 e. The molecule has 1 aromatic heterocycles. The topological polar surface area (TPSA) is 48.3 Å². The van der Waals surface area contributed by atoms with Crippen molar-refractivity contribution in [2.24, 2.45) is 0 Å². The Morgan fingerprint density at radius 2 is 2.33 bits per heavy atom. The van der Waals surface area contributed by atoms with Crippen LogP contribution in [0.25, 0.3) is 0 Å². The van der Waals surface area contributed by atoms with Gasteiger partial charge >= 0.3 is 6.55 Å². The molecule has 0 amide bonds. The first kappa shape index (κ1) is 17.0. The highest BCUT2D eigenvalue weighted by Crippen LogP contribution is 2.29. The van der Waals surface area contributed by atoms with Crippen LogP contribution in [0, 0.1) is 0 Å². The fraction of sp³-hybridized carbons (Fsp3) is 0.438. The Kier molecular flexibility index (Phi) is 5.52. The monoisotopic (exact) mass is 357 g/mol. The van der Waals surface area contributed by atoms with Gasteiger partial charge in [0.25, 0.3) is 0 Å². The minimum absolute atomic E-state index is 0.0891. The van der Waals surface area contributed by atoms with Crippen molar-refractivity contribution in [2.75, 3.05) is 18.5 Å². The van der Waals surface area contributed by atoms with Crippen molar-refractivity contribution >= 4 is 17.3 Å². The third-order valence-electron chi connectivity index (χ3n) is 3.79. The summed E-state index contributed by atoms with van der Waals surface area (Å²) in [5.41, 5.74) is 0.629. The lowest BCUT2D eigenvalue weighted by atomic mass is 10.2. The molecule has 0 aliphatic carbocycles. The van der Waals surface area contributed by atoms with Gasteiger partial charge in [-0.2, -0.15) is 8.78 Å². The van der Waals surface area contributed by atoms with Crippen molar-refractivity contribution in [3.8, 4) is 5.75 Å². The maximum Gasteiger partial charge on any atom is 0.319 e. The lowest BCUT2D eigenvalue weighted by molar-refractivity contribution is 0.0670. The predicted molar refractivity (Wildman–Crippen MR) is 86.7 cm³/mol. The van der Waals surface area contributed by atoms with Gasteiger partial charge in [0.1, 0.15) is 18.2 Å². The van der Waals surface area contributed by atoms with E-state index in [4.69, 9.17) is 21.1 Å². The van der Waals surface area contributed by atoms with E-state index in [1.807, 2.05) is 0 Å². The van der Waals surface area contributed by atoms with Gasteiger partial charge in [-0.05, 0) is 31.0 Å². The van der Waals surface area contributed by atoms with Gasteiger partial charge in [-0.25, -0.2) is 4.98 Å². The fourth-order valence-corrected chi connectivity index (χ4v) is 2.73. The van der Waals surface area contributed by atoms with Crippen molar-refractivity contribution in [3.05, 3.63) is 41.4 Å². The second kappa shape index (κ2) is 7.81. The van der Waals surface area contributed by atoms with E-state index in [1.165, 1.54) is 12.4 Å². The Balaban J connectivity index is 1.67. The van der Waals surface area contributed by atoms with Gasteiger partial charge in [0.15, 0.2) is 0 Å². The number of hydrogen-bond acceptors (Lipinski definition) is 4. The van der Waals surface area contributed by atoms with Gasteiger partial charge in [0, 0.05) is 24.0 Å². The molecule has 0 saturated carbocycles. The molecule has 1 unspecified atom stereocenters. The SMILES string of the molecule is FC(F)n1ccnc1CNc1cc(Cl)ccc1OCC1CCCO1. The molecule has 1 aliphatic rings. The number of alkyl halides is 2. The van der Waals surface area contributed by atoms with E-state index < -0.39 is 6.55 Å². The summed E-state index contributed by atoms with van der Waals surface area (Å²) < 4.78 is 37.9. The summed E-state index contributed by atoms with van der Waals surface area (Å²) in [7, 11) is 0. The van der Waals surface area contributed by atoms with Crippen LogP contribution in [-0.2, 0) is 11.3 Å². The summed E-state index contributed by atoms with van der Waals surface area (Å²) in [5, 5.41) is 3.59. The van der Waals surface area contributed by atoms with Crippen LogP contribution in [0.3, 0.4) is 0 Å². The fourth-order valence-electron chi connectivity index (χ4n) is 2.56. The Morgan fingerprint density at radius 1 is 1.46 bits per heavy atom. The van der Waals surface area contributed by atoms with Gasteiger partial charge in [-0.1, -0.05) is 11.6 Å². The van der Waals surface area contributed by atoms with E-state index in [2.05, 4.69) is 10.3 Å². The number of anilines is 1. The first-order valence-electron chi connectivity index (χ1n) is 7.71. The normalized spacial score (nSPS) is 17.4. The quantitative estimate of drug-likeness (QED) is 0.810. The van der Waals surface area contributed by atoms with Gasteiger partial charge in [0.05, 0.1) is 18.3 Å². The van der Waals surface area contributed by atoms with E-state index in [1.54, 1.807) is 18.2 Å². The number of benzene rings is 1. The van der Waals surface area contributed by atoms with Crippen LogP contribution >= 0.6 is 11.6 Å². The van der Waals surface area contributed by atoms with Crippen LogP contribution in [0.5, 0.6) is 5.75 Å². The predicted octanol–water partition coefficient (Wildman–Crippen LogP) is 4.10. The van der Waals surface area contributed by atoms with Crippen LogP contribution in [-0.4, -0.2) is 28.9 Å². The van der Waals surface area contributed by atoms with Crippen LogP contribution in [0.1, 0.15) is 25.2 Å². The molecule has 0 bridgehead atoms. The highest BCUT2D eigenvalue weighted by atomic mass is 35.5. The molecule has 1 aliphatic heterocycles. The molecule has 8 heteroatoms. The molecule has 0 radical (unpaired) electrons. The summed E-state index contributed by atoms with van der Waals surface area (Å²) in [6, 6.07) is 5.17. The number of aromatic nitrogens is 2. The van der Waals surface area contributed by atoms with Crippen molar-refractivity contribution in [1.82, 2.24) is 9.55 Å². The third-order valence-corrected chi connectivity index (χ3v) is 4.02. The summed E-state index contributed by atoms with van der Waals surface area (Å²) in [6.07, 6.45) is 4.69. The van der Waals surface area contributed by atoms with E-state index in [9.17, 15) is 8.78 Å². The lowest BCUT2D eigenvalue weighted by Crippen LogP contribution is -2.17. The van der Waals surface area contributed by atoms with E-state index in [-0.39, 0.29) is 18.5 Å². The zero-order chi connectivity index (χ0) is 16.9. The molecule has 2 aromatic rings. The first-order chi connectivity index (χ1) is 11.6. The summed E-state index contributed by atoms with van der Waals surface area (Å²) in [5.74, 6) is 0.833. The molecule has 130 valence electrons. The number of hydrogen-bond donors (Lipinski definition) is 1. The molecular weight excluding hydrogens is 340 g/mol. The van der Waals surface area contributed by atoms with Crippen LogP contribution in [0.15, 0.2) is 30.6 Å². The number of rotatable bonds is 7. The van der Waals surface area contributed by atoms with Crippen LogP contribution in [0.4, 0.5) is 14.5 Å². The summed E-state index contributed by atoms with van der Waals surface area (Å²) >= 11 is 6.03. The smallest absolute Gasteiger partial charge is 0.319 e. The maximum absolute atomic E-state index is 12.9. The Labute approximate surface area is 143 Å². The minimum atomic E-state index is -2.63. The van der Waals surface area contributed by atoms with E-state index >= 15 is 0 Å². The molecule has 5 nitrogen and oxygen atoms in total. The second-order valence-corrected chi connectivity index (χ2v) is 5.90. The van der Waals surface area contributed by atoms with E-state index in [0.29, 0.717) is 23.1 Å². The highest BCUT2D eigenvalue weighted by Gasteiger charge is 2.17. The molecule has 24 heavy (non-hydrogen) atoms. The molecule has 1 N–H and O–H groups in total. The van der Waals surface area contributed by atoms with Gasteiger partial charge in [-0.3, -0.25) is 4.57 Å². The number of nitrogens with zero attached hydrogens (tertiary/aromatic N) is 2. The van der Waals surface area contributed by atoms with Gasteiger partial charge in [-0.15, -0.1) is 0 Å². The first-order valence-corrected chi connectivity index (χ1v) is 8.09. The Hall–Kier alpha value is -1.86. The largest absolute Gasteiger partial charge is 0.489 e. The molecule has 2 heterocycles. The van der Waals surface area contributed by atoms with Gasteiger partial charge < -0.3 is 14.8 Å². The number of halogens is 3. The van der Waals surface area contributed by atoms with Gasteiger partial charge in [0.2, 0.25) is 0 Å². The Bertz CT molecular complexity index is 675. The molecule has 1 fully saturated rings. The molecule has 3 rings (SSSR count). The molecule has 1 saturated heterocycles. The average molecular weight is 358 g/mol. The standard InChI is InChI=1S/C16H18ClF2N3O2/c17-11-3-4-14(24-10-12-2-1-7-23-12)13(8-11)21-9-15-20-5-6-22(15)16(18)19/h3-6,8,12,16,21H,1-2,7,9-10H2. The second-order valence-electron chi connectivity index (χ2n) is 5.47. The van der Waals surface area contributed by atoms with Crippen molar-refractivity contribution < 1.29 is 18.3 Å². The zero-order valence-corrected chi connectivity index (χ0v) is 13.7. The maximum atomic E-state index is 12.9. The number of nitrogens with one attached hydrogen (secondary N) is 1. The van der Waals surface area contributed by atoms with Crippen molar-refractivity contribution in [1.29, 1.82) is 0 Å². The zero-order valence-electron chi connectivity index (χ0n) is 12.9. The number of imidazole rings is 1. The van der Waals surface area contributed by atoms with Crippen LogP contribution < -0.4 is 10.1 Å². The van der Waals surface area contributed by atoms with Crippen LogP contribution in [0.2, 0.25) is 5.02 Å². The number of ether oxygens (including phenoxy) is 2. The highest BCUT2D eigenvalue weighted by molar-refractivity contribution is 6.30. The summed E-state index contributed by atoms with van der Waals surface area (Å²) in [6.45, 7) is -1.29. The molecular formula is C16H18ClF2N3O2. The van der Waals surface area contributed by atoms with Crippen molar-refractivity contribution in [2.45, 2.75) is 32.0 Å².